The zero-order valence-electron chi connectivity index (χ0n) is 22.5. The van der Waals surface area contributed by atoms with Crippen molar-refractivity contribution in [2.24, 2.45) is 0 Å². The monoisotopic (exact) mass is 648 g/mol. The van der Waals surface area contributed by atoms with Gasteiger partial charge in [0.05, 0.1) is 23.8 Å². The Morgan fingerprint density at radius 2 is 1.86 bits per heavy atom. The van der Waals surface area contributed by atoms with Crippen LogP contribution in [0.3, 0.4) is 0 Å². The number of carbonyl (C=O) groups is 2. The highest BCUT2D eigenvalue weighted by Crippen LogP contribution is 2.42. The van der Waals surface area contributed by atoms with Gasteiger partial charge in [-0.25, -0.2) is 9.78 Å². The number of amides is 2. The number of rotatable bonds is 9. The van der Waals surface area contributed by atoms with Gasteiger partial charge in [-0.1, -0.05) is 18.3 Å². The molecule has 0 bridgehead atoms. The molecule has 42 heavy (non-hydrogen) atoms. The molecular weight excluding hydrogens is 622 g/mol. The first-order valence-corrected chi connectivity index (χ1v) is 14.3. The molecule has 11 nitrogen and oxygen atoms in total. The summed E-state index contributed by atoms with van der Waals surface area (Å²) in [6.45, 7) is 1.68. The highest BCUT2D eigenvalue weighted by molar-refractivity contribution is 7.93. The zero-order valence-corrected chi connectivity index (χ0v) is 24.1. The third-order valence-corrected chi connectivity index (χ3v) is 8.49. The van der Waals surface area contributed by atoms with Crippen LogP contribution in [0.4, 0.5) is 42.5 Å². The normalized spacial score (nSPS) is 15.9. The molecule has 1 aromatic carbocycles. The predicted octanol–water partition coefficient (Wildman–Crippen LogP) is 4.63. The van der Waals surface area contributed by atoms with E-state index in [0.717, 1.165) is 10.4 Å². The van der Waals surface area contributed by atoms with Gasteiger partial charge in [0.1, 0.15) is 11.9 Å². The number of carbonyl (C=O) groups excluding carboxylic acids is 2. The second kappa shape index (κ2) is 12.0. The van der Waals surface area contributed by atoms with Crippen LogP contribution in [0.2, 0.25) is 0 Å². The smallest absolute Gasteiger partial charge is 0.427 e. The van der Waals surface area contributed by atoms with Crippen molar-refractivity contribution in [3.8, 4) is 10.8 Å². The summed E-state index contributed by atoms with van der Waals surface area (Å²) in [5.41, 5.74) is -3.27. The Labute approximate surface area is 240 Å². The molecule has 19 heteroatoms. The number of benzene rings is 1. The number of fused-ring (bicyclic) bond motifs is 1. The van der Waals surface area contributed by atoms with Crippen LogP contribution >= 0.6 is 11.3 Å². The first-order chi connectivity index (χ1) is 19.2. The second-order valence-corrected chi connectivity index (χ2v) is 12.2. The molecule has 0 spiro atoms. The number of aromatic nitrogens is 1. The molecule has 0 unspecified atom stereocenters. The van der Waals surface area contributed by atoms with Gasteiger partial charge in [-0.3, -0.25) is 14.4 Å². The van der Waals surface area contributed by atoms with E-state index in [2.05, 4.69) is 20.4 Å². The first-order valence-electron chi connectivity index (χ1n) is 12.1. The molecule has 2 N–H and O–H groups in total. The Morgan fingerprint density at radius 1 is 1.19 bits per heavy atom. The summed E-state index contributed by atoms with van der Waals surface area (Å²) in [6.07, 6.45) is -12.0. The van der Waals surface area contributed by atoms with E-state index >= 15 is 0 Å². The van der Waals surface area contributed by atoms with Gasteiger partial charge in [-0.15, -0.1) is 0 Å². The molecule has 0 saturated heterocycles. The van der Waals surface area contributed by atoms with Crippen molar-refractivity contribution in [3.05, 3.63) is 23.2 Å². The number of anilines is 2. The van der Waals surface area contributed by atoms with Crippen LogP contribution in [0.1, 0.15) is 32.7 Å². The van der Waals surface area contributed by atoms with Crippen molar-refractivity contribution in [1.29, 1.82) is 0 Å². The minimum absolute atomic E-state index is 0.0848. The van der Waals surface area contributed by atoms with Crippen molar-refractivity contribution < 1.29 is 58.6 Å². The molecule has 0 saturated carbocycles. The first kappa shape index (κ1) is 33.0. The second-order valence-electron chi connectivity index (χ2n) is 9.38. The third-order valence-electron chi connectivity index (χ3n) is 5.56. The van der Waals surface area contributed by atoms with E-state index in [-0.39, 0.29) is 35.1 Å². The van der Waals surface area contributed by atoms with Gasteiger partial charge in [0.15, 0.2) is 6.61 Å². The van der Waals surface area contributed by atoms with Gasteiger partial charge < -0.3 is 19.5 Å². The van der Waals surface area contributed by atoms with Gasteiger partial charge in [0.2, 0.25) is 21.6 Å². The van der Waals surface area contributed by atoms with E-state index in [4.69, 9.17) is 9.47 Å². The van der Waals surface area contributed by atoms with E-state index in [9.17, 15) is 44.3 Å². The van der Waals surface area contributed by atoms with Gasteiger partial charge in [0.25, 0.3) is 10.0 Å². The summed E-state index contributed by atoms with van der Waals surface area (Å²) in [5.74, 6) is -0.535. The number of halogens is 6. The molecule has 0 radical (unpaired) electrons. The van der Waals surface area contributed by atoms with Crippen LogP contribution in [-0.2, 0) is 26.0 Å². The maximum atomic E-state index is 13.9. The SMILES string of the molecule is CCc1nc(S(=O)(=O)N2C[C@H](CNC(C)=O)Oc3ccc(NC(=O)OC(C)(C)C(F)(F)F)cc32)c(OCC(F)(F)F)s1. The Kier molecular flexibility index (Phi) is 9.45. The molecule has 2 heterocycles. The lowest BCUT2D eigenvalue weighted by atomic mass is 10.1. The number of thiazole rings is 1. The average molecular weight is 649 g/mol. The number of hydrogen-bond acceptors (Lipinski definition) is 9. The number of ether oxygens (including phenoxy) is 3. The molecule has 1 atom stereocenters. The molecule has 2 aromatic rings. The summed E-state index contributed by atoms with van der Waals surface area (Å²) in [4.78, 5) is 27.6. The fourth-order valence-corrected chi connectivity index (χ4v) is 6.12. The standard InChI is InChI=1S/C23H26F6N4O7S2/c1-5-17-32-18(19(41-17)38-11-22(24,25)26)42(36,37)33-10-14(9-30-12(2)34)39-16-7-6-13(8-15(16)33)31-20(35)40-21(3,4)23(27,28)29/h6-8,14H,5,9-11H2,1-4H3,(H,30,34)(H,31,35)/t14-/m0/s1. The molecule has 2 amide bonds. The molecule has 1 aromatic heterocycles. The molecule has 3 rings (SSSR count). The number of aryl methyl sites for hydroxylation is 1. The van der Waals surface area contributed by atoms with Crippen LogP contribution in [0, 0.1) is 0 Å². The number of sulfonamides is 1. The minimum Gasteiger partial charge on any atom is -0.484 e. The minimum atomic E-state index is -4.89. The van der Waals surface area contributed by atoms with E-state index in [0.29, 0.717) is 25.2 Å². The molecule has 234 valence electrons. The maximum absolute atomic E-state index is 13.9. The Morgan fingerprint density at radius 3 is 2.43 bits per heavy atom. The number of nitrogens with one attached hydrogen (secondary N) is 2. The van der Waals surface area contributed by atoms with E-state index in [1.54, 1.807) is 6.92 Å². The van der Waals surface area contributed by atoms with Crippen LogP contribution in [0.5, 0.6) is 10.8 Å². The molecular formula is C23H26F6N4O7S2. The lowest BCUT2D eigenvalue weighted by Gasteiger charge is -2.35. The number of nitrogens with zero attached hydrogens (tertiary/aromatic N) is 2. The molecule has 1 aliphatic heterocycles. The molecule has 1 aliphatic rings. The molecule has 0 aliphatic carbocycles. The van der Waals surface area contributed by atoms with Crippen LogP contribution in [0.25, 0.3) is 0 Å². The van der Waals surface area contributed by atoms with Crippen LogP contribution in [-0.4, -0.2) is 69.2 Å². The van der Waals surface area contributed by atoms with Crippen molar-refractivity contribution in [3.63, 3.8) is 0 Å². The largest absolute Gasteiger partial charge is 0.484 e. The van der Waals surface area contributed by atoms with E-state index in [1.165, 1.54) is 19.1 Å². The van der Waals surface area contributed by atoms with Crippen molar-refractivity contribution in [2.75, 3.05) is 29.3 Å². The Balaban J connectivity index is 2.03. The fourth-order valence-electron chi connectivity index (χ4n) is 3.40. The van der Waals surface area contributed by atoms with Crippen LogP contribution in [0.15, 0.2) is 23.2 Å². The Hall–Kier alpha value is -3.48. The summed E-state index contributed by atoms with van der Waals surface area (Å²) in [7, 11) is -4.77. The van der Waals surface area contributed by atoms with Crippen molar-refractivity contribution in [1.82, 2.24) is 10.3 Å². The fraction of sp³-hybridized carbons (Fsp3) is 0.522. The van der Waals surface area contributed by atoms with Gasteiger partial charge in [0, 0.05) is 12.6 Å². The van der Waals surface area contributed by atoms with Gasteiger partial charge >= 0.3 is 18.4 Å². The summed E-state index contributed by atoms with van der Waals surface area (Å²) >= 11 is 0.613. The number of alkyl halides is 6. The quantitative estimate of drug-likeness (QED) is 0.376. The van der Waals surface area contributed by atoms with Crippen molar-refractivity contribution in [2.45, 2.75) is 63.2 Å². The van der Waals surface area contributed by atoms with E-state index in [1.807, 2.05) is 0 Å². The van der Waals surface area contributed by atoms with E-state index < -0.39 is 69.3 Å². The predicted molar refractivity (Wildman–Crippen MR) is 137 cm³/mol. The maximum Gasteiger partial charge on any atom is 0.427 e. The lowest BCUT2D eigenvalue weighted by Crippen LogP contribution is -2.48. The van der Waals surface area contributed by atoms with Crippen molar-refractivity contribution >= 4 is 44.7 Å². The van der Waals surface area contributed by atoms with Crippen LogP contribution < -0.4 is 24.4 Å². The van der Waals surface area contributed by atoms with Gasteiger partial charge in [-0.2, -0.15) is 34.8 Å². The third kappa shape index (κ3) is 7.87. The summed E-state index contributed by atoms with van der Waals surface area (Å²) in [6, 6.07) is 3.47. The number of hydrogen-bond donors (Lipinski definition) is 2. The summed E-state index contributed by atoms with van der Waals surface area (Å²) in [5, 5.41) is 3.32. The summed E-state index contributed by atoms with van der Waals surface area (Å²) < 4.78 is 121. The lowest BCUT2D eigenvalue weighted by molar-refractivity contribution is -0.242. The molecule has 0 fully saturated rings. The zero-order chi connectivity index (χ0) is 31.7. The van der Waals surface area contributed by atoms with Gasteiger partial charge in [-0.05, 0) is 38.5 Å². The highest BCUT2D eigenvalue weighted by Gasteiger charge is 2.51. The Bertz CT molecular complexity index is 1430. The highest BCUT2D eigenvalue weighted by atomic mass is 32.2. The average Bonchev–Trinajstić information content (AvgIpc) is 3.29. The topological polar surface area (TPSA) is 136 Å².